The fourth-order valence-corrected chi connectivity index (χ4v) is 2.43. The van der Waals surface area contributed by atoms with Crippen molar-refractivity contribution in [3.63, 3.8) is 0 Å². The molecule has 0 aliphatic heterocycles. The highest BCUT2D eigenvalue weighted by Crippen LogP contribution is 2.20. The zero-order valence-electron chi connectivity index (χ0n) is 13.3. The number of amides is 1. The van der Waals surface area contributed by atoms with Crippen LogP contribution >= 0.6 is 11.6 Å². The molecular weight excluding hydrogens is 310 g/mol. The van der Waals surface area contributed by atoms with Crippen LogP contribution in [-0.2, 0) is 11.2 Å². The number of alkyl halides is 1. The van der Waals surface area contributed by atoms with Gasteiger partial charge in [-0.1, -0.05) is 49.4 Å². The van der Waals surface area contributed by atoms with Gasteiger partial charge in [-0.15, -0.1) is 11.6 Å². The van der Waals surface area contributed by atoms with Crippen molar-refractivity contribution < 1.29 is 9.53 Å². The fourth-order valence-electron chi connectivity index (χ4n) is 2.20. The van der Waals surface area contributed by atoms with E-state index in [-0.39, 0.29) is 5.91 Å². The van der Waals surface area contributed by atoms with E-state index in [9.17, 15) is 4.79 Å². The highest BCUT2D eigenvalue weighted by molar-refractivity contribution is 6.30. The predicted molar refractivity (Wildman–Crippen MR) is 94.0 cm³/mol. The van der Waals surface area contributed by atoms with Gasteiger partial charge in [-0.05, 0) is 36.1 Å². The van der Waals surface area contributed by atoms with Crippen LogP contribution in [0.4, 0.5) is 0 Å². The van der Waals surface area contributed by atoms with Crippen LogP contribution in [0.15, 0.2) is 54.6 Å². The van der Waals surface area contributed by atoms with E-state index in [0.29, 0.717) is 13.2 Å². The third-order valence-corrected chi connectivity index (χ3v) is 3.86. The predicted octanol–water partition coefficient (Wildman–Crippen LogP) is 4.11. The topological polar surface area (TPSA) is 38.3 Å². The van der Waals surface area contributed by atoms with E-state index in [0.717, 1.165) is 29.7 Å². The van der Waals surface area contributed by atoms with Gasteiger partial charge in [-0.3, -0.25) is 4.79 Å². The second-order valence-corrected chi connectivity index (χ2v) is 5.75. The Bertz CT molecular complexity index is 616. The van der Waals surface area contributed by atoms with E-state index < -0.39 is 5.38 Å². The number of carbonyl (C=O) groups excluding carboxylic acids is 1. The van der Waals surface area contributed by atoms with Gasteiger partial charge in [0, 0.05) is 6.54 Å². The standard InChI is InChI=1S/C19H22ClNO2/c1-2-13-23-17-10-6-7-15(14-17)11-12-21-19(22)18(20)16-8-4-3-5-9-16/h3-10,14,18H,2,11-13H2,1H3,(H,21,22). The van der Waals surface area contributed by atoms with Crippen LogP contribution < -0.4 is 10.1 Å². The van der Waals surface area contributed by atoms with Crippen molar-refractivity contribution in [1.29, 1.82) is 0 Å². The number of carbonyl (C=O) groups is 1. The molecule has 2 rings (SSSR count). The molecule has 0 aliphatic carbocycles. The van der Waals surface area contributed by atoms with Gasteiger partial charge in [0.05, 0.1) is 6.61 Å². The summed E-state index contributed by atoms with van der Waals surface area (Å²) in [4.78, 5) is 12.1. The maximum absolute atomic E-state index is 12.1. The summed E-state index contributed by atoms with van der Waals surface area (Å²) in [7, 11) is 0. The molecule has 0 saturated heterocycles. The number of benzene rings is 2. The highest BCUT2D eigenvalue weighted by atomic mass is 35.5. The molecule has 2 aromatic rings. The Labute approximate surface area is 142 Å². The van der Waals surface area contributed by atoms with Crippen LogP contribution in [0.1, 0.15) is 29.8 Å². The van der Waals surface area contributed by atoms with Crippen molar-refractivity contribution in [2.75, 3.05) is 13.2 Å². The second-order valence-electron chi connectivity index (χ2n) is 5.31. The average molecular weight is 332 g/mol. The lowest BCUT2D eigenvalue weighted by atomic mass is 10.1. The zero-order chi connectivity index (χ0) is 16.5. The Balaban J connectivity index is 1.81. The third-order valence-electron chi connectivity index (χ3n) is 3.41. The van der Waals surface area contributed by atoms with E-state index in [4.69, 9.17) is 16.3 Å². The molecular formula is C19H22ClNO2. The molecule has 4 heteroatoms. The van der Waals surface area contributed by atoms with Crippen LogP contribution in [0.3, 0.4) is 0 Å². The first-order valence-electron chi connectivity index (χ1n) is 7.89. The molecule has 0 heterocycles. The summed E-state index contributed by atoms with van der Waals surface area (Å²) in [6.45, 7) is 3.34. The Hall–Kier alpha value is -2.00. The molecule has 0 fully saturated rings. The molecule has 122 valence electrons. The first-order valence-corrected chi connectivity index (χ1v) is 8.33. The molecule has 0 radical (unpaired) electrons. The van der Waals surface area contributed by atoms with E-state index >= 15 is 0 Å². The minimum Gasteiger partial charge on any atom is -0.494 e. The maximum Gasteiger partial charge on any atom is 0.242 e. The SMILES string of the molecule is CCCOc1cccc(CCNC(=O)C(Cl)c2ccccc2)c1. The maximum atomic E-state index is 12.1. The van der Waals surface area contributed by atoms with Gasteiger partial charge in [0.15, 0.2) is 0 Å². The molecule has 1 amide bonds. The summed E-state index contributed by atoms with van der Waals surface area (Å²) >= 11 is 6.19. The summed E-state index contributed by atoms with van der Waals surface area (Å²) < 4.78 is 5.61. The molecule has 2 aromatic carbocycles. The molecule has 0 aromatic heterocycles. The van der Waals surface area contributed by atoms with E-state index in [2.05, 4.69) is 12.2 Å². The summed E-state index contributed by atoms with van der Waals surface area (Å²) in [5, 5.41) is 2.22. The minimum atomic E-state index is -0.657. The lowest BCUT2D eigenvalue weighted by molar-refractivity contribution is -0.120. The van der Waals surface area contributed by atoms with Crippen LogP contribution in [0.25, 0.3) is 0 Å². The van der Waals surface area contributed by atoms with Crippen molar-refractivity contribution in [3.05, 3.63) is 65.7 Å². The molecule has 1 atom stereocenters. The summed E-state index contributed by atoms with van der Waals surface area (Å²) in [6, 6.07) is 17.3. The van der Waals surface area contributed by atoms with Crippen LogP contribution in [0.5, 0.6) is 5.75 Å². The first kappa shape index (κ1) is 17.4. The van der Waals surface area contributed by atoms with Gasteiger partial charge >= 0.3 is 0 Å². The quantitative estimate of drug-likeness (QED) is 0.739. The van der Waals surface area contributed by atoms with Crippen molar-refractivity contribution in [2.45, 2.75) is 25.1 Å². The number of rotatable bonds is 8. The Morgan fingerprint density at radius 3 is 2.70 bits per heavy atom. The molecule has 1 unspecified atom stereocenters. The monoisotopic (exact) mass is 331 g/mol. The van der Waals surface area contributed by atoms with E-state index in [1.807, 2.05) is 54.6 Å². The van der Waals surface area contributed by atoms with Gasteiger partial charge in [0.1, 0.15) is 11.1 Å². The largest absolute Gasteiger partial charge is 0.494 e. The molecule has 0 bridgehead atoms. The lowest BCUT2D eigenvalue weighted by Crippen LogP contribution is -2.28. The van der Waals surface area contributed by atoms with Crippen LogP contribution in [0.2, 0.25) is 0 Å². The lowest BCUT2D eigenvalue weighted by Gasteiger charge is -2.11. The average Bonchev–Trinajstić information content (AvgIpc) is 2.60. The number of nitrogens with one attached hydrogen (secondary N) is 1. The van der Waals surface area contributed by atoms with Gasteiger partial charge in [-0.25, -0.2) is 0 Å². The van der Waals surface area contributed by atoms with Gasteiger partial charge < -0.3 is 10.1 Å². The Morgan fingerprint density at radius 2 is 1.96 bits per heavy atom. The first-order chi connectivity index (χ1) is 11.2. The summed E-state index contributed by atoms with van der Waals surface area (Å²) in [5.74, 6) is 0.700. The summed E-state index contributed by atoms with van der Waals surface area (Å²) in [5.41, 5.74) is 1.94. The fraction of sp³-hybridized carbons (Fsp3) is 0.316. The zero-order valence-corrected chi connectivity index (χ0v) is 14.1. The third kappa shape index (κ3) is 5.61. The Kier molecular flexibility index (Phi) is 6.95. The molecule has 0 spiro atoms. The number of halogens is 1. The Morgan fingerprint density at radius 1 is 1.17 bits per heavy atom. The molecule has 3 nitrogen and oxygen atoms in total. The van der Waals surface area contributed by atoms with E-state index in [1.165, 1.54) is 0 Å². The van der Waals surface area contributed by atoms with E-state index in [1.54, 1.807) is 0 Å². The van der Waals surface area contributed by atoms with Crippen molar-refractivity contribution in [1.82, 2.24) is 5.32 Å². The molecule has 0 aliphatic rings. The highest BCUT2D eigenvalue weighted by Gasteiger charge is 2.16. The molecule has 0 saturated carbocycles. The van der Waals surface area contributed by atoms with Gasteiger partial charge in [-0.2, -0.15) is 0 Å². The van der Waals surface area contributed by atoms with Gasteiger partial charge in [0.2, 0.25) is 5.91 Å². The second kappa shape index (κ2) is 9.21. The smallest absolute Gasteiger partial charge is 0.242 e. The number of hydrogen-bond acceptors (Lipinski definition) is 2. The van der Waals surface area contributed by atoms with Crippen molar-refractivity contribution >= 4 is 17.5 Å². The molecule has 23 heavy (non-hydrogen) atoms. The van der Waals surface area contributed by atoms with Crippen LogP contribution in [0, 0.1) is 0 Å². The van der Waals surface area contributed by atoms with Gasteiger partial charge in [0.25, 0.3) is 0 Å². The van der Waals surface area contributed by atoms with Crippen molar-refractivity contribution in [2.24, 2.45) is 0 Å². The van der Waals surface area contributed by atoms with Crippen LogP contribution in [-0.4, -0.2) is 19.1 Å². The normalized spacial score (nSPS) is 11.7. The van der Waals surface area contributed by atoms with Crippen molar-refractivity contribution in [3.8, 4) is 5.75 Å². The minimum absolute atomic E-state index is 0.170. The molecule has 1 N–H and O–H groups in total. The number of hydrogen-bond donors (Lipinski definition) is 1. The summed E-state index contributed by atoms with van der Waals surface area (Å²) in [6.07, 6.45) is 1.73. The number of ether oxygens (including phenoxy) is 1.